The number of ether oxygens (including phenoxy) is 2. The summed E-state index contributed by atoms with van der Waals surface area (Å²) in [4.78, 5) is 36.0. The van der Waals surface area contributed by atoms with E-state index in [2.05, 4.69) is 14.6 Å². The molecule has 3 rings (SSSR count). The number of carbonyl (C=O) groups excluding carboxylic acids is 2. The van der Waals surface area contributed by atoms with Crippen molar-refractivity contribution in [3.63, 3.8) is 0 Å². The normalized spacial score (nSPS) is 10.5. The molecule has 10 heteroatoms. The average Bonchev–Trinajstić information content (AvgIpc) is 3.17. The van der Waals surface area contributed by atoms with E-state index in [1.54, 1.807) is 24.3 Å². The molecule has 1 heterocycles. The molecule has 1 aromatic heterocycles. The molecule has 31 heavy (non-hydrogen) atoms. The molecule has 0 aliphatic rings. The molecule has 0 aliphatic carbocycles. The maximum Gasteiger partial charge on any atom is 0.355 e. The first kappa shape index (κ1) is 21.5. The van der Waals surface area contributed by atoms with Crippen LogP contribution in [-0.4, -0.2) is 46.3 Å². The summed E-state index contributed by atoms with van der Waals surface area (Å²) in [5, 5.41) is 12.0. The lowest BCUT2D eigenvalue weighted by Crippen LogP contribution is -2.25. The third kappa shape index (κ3) is 4.53. The van der Waals surface area contributed by atoms with Crippen molar-refractivity contribution >= 4 is 17.8 Å². The fraction of sp³-hybridized carbons (Fsp3) is 0.190. The standard InChI is InChI=1S/C21H21N5O5/c1-30-18(27)10-5-13-3-7-15(8-4-13)26-21(29)25(12-24-26)17-9-6-14(20(28)31-2)11-16(17)19(22)23/h3-4,6-9,11-12H,5,10H2,1-2H3,(H3,22,23). The van der Waals surface area contributed by atoms with Gasteiger partial charge in [-0.2, -0.15) is 9.78 Å². The van der Waals surface area contributed by atoms with Gasteiger partial charge in [0.1, 0.15) is 12.2 Å². The number of rotatable bonds is 7. The van der Waals surface area contributed by atoms with Gasteiger partial charge < -0.3 is 15.2 Å². The molecular formula is C21H21N5O5. The minimum absolute atomic E-state index is 0.197. The van der Waals surface area contributed by atoms with Crippen molar-refractivity contribution in [2.75, 3.05) is 14.2 Å². The third-order valence-corrected chi connectivity index (χ3v) is 4.66. The van der Waals surface area contributed by atoms with Gasteiger partial charge >= 0.3 is 17.6 Å². The van der Waals surface area contributed by atoms with E-state index in [9.17, 15) is 14.4 Å². The number of aromatic nitrogens is 3. The zero-order valence-electron chi connectivity index (χ0n) is 17.0. The van der Waals surface area contributed by atoms with Crippen LogP contribution in [0.3, 0.4) is 0 Å². The van der Waals surface area contributed by atoms with Gasteiger partial charge in [-0.15, -0.1) is 0 Å². The van der Waals surface area contributed by atoms with Crippen LogP contribution in [-0.2, 0) is 20.7 Å². The van der Waals surface area contributed by atoms with Gasteiger partial charge in [0.15, 0.2) is 0 Å². The van der Waals surface area contributed by atoms with E-state index in [1.807, 2.05) is 0 Å². The molecule has 0 amide bonds. The lowest BCUT2D eigenvalue weighted by molar-refractivity contribution is -0.140. The van der Waals surface area contributed by atoms with Crippen molar-refractivity contribution in [3.05, 3.63) is 76.0 Å². The van der Waals surface area contributed by atoms with Gasteiger partial charge in [-0.1, -0.05) is 12.1 Å². The highest BCUT2D eigenvalue weighted by atomic mass is 16.5. The first-order valence-corrected chi connectivity index (χ1v) is 9.25. The van der Waals surface area contributed by atoms with Crippen LogP contribution < -0.4 is 11.4 Å². The minimum Gasteiger partial charge on any atom is -0.469 e. The minimum atomic E-state index is -0.579. The summed E-state index contributed by atoms with van der Waals surface area (Å²) in [5.41, 5.74) is 7.35. The van der Waals surface area contributed by atoms with E-state index in [0.717, 1.165) is 5.56 Å². The number of methoxy groups -OCH3 is 2. The fourth-order valence-corrected chi connectivity index (χ4v) is 3.01. The first-order valence-electron chi connectivity index (χ1n) is 9.25. The van der Waals surface area contributed by atoms with E-state index < -0.39 is 11.7 Å². The summed E-state index contributed by atoms with van der Waals surface area (Å²) in [6, 6.07) is 11.4. The number of esters is 2. The van der Waals surface area contributed by atoms with Crippen LogP contribution in [0.25, 0.3) is 11.4 Å². The Kier molecular flexibility index (Phi) is 6.29. The second-order valence-electron chi connectivity index (χ2n) is 6.58. The zero-order valence-corrected chi connectivity index (χ0v) is 17.0. The lowest BCUT2D eigenvalue weighted by Gasteiger charge is -2.10. The van der Waals surface area contributed by atoms with Crippen molar-refractivity contribution in [1.82, 2.24) is 14.3 Å². The van der Waals surface area contributed by atoms with Gasteiger partial charge in [0.2, 0.25) is 0 Å². The van der Waals surface area contributed by atoms with Crippen LogP contribution in [0.2, 0.25) is 0 Å². The molecule has 0 unspecified atom stereocenters. The molecule has 0 radical (unpaired) electrons. The smallest absolute Gasteiger partial charge is 0.355 e. The predicted molar refractivity (Wildman–Crippen MR) is 112 cm³/mol. The number of benzene rings is 2. The quantitative estimate of drug-likeness (QED) is 0.330. The molecule has 3 aromatic rings. The second kappa shape index (κ2) is 9.08. The zero-order chi connectivity index (χ0) is 22.5. The molecule has 0 saturated carbocycles. The summed E-state index contributed by atoms with van der Waals surface area (Å²) in [5.74, 6) is -1.18. The predicted octanol–water partition coefficient (Wildman–Crippen LogP) is 1.20. The Morgan fingerprint density at radius 3 is 2.42 bits per heavy atom. The number of aryl methyl sites for hydroxylation is 1. The Bertz CT molecular complexity index is 1190. The van der Waals surface area contributed by atoms with Crippen molar-refractivity contribution in [1.29, 1.82) is 5.41 Å². The maximum atomic E-state index is 13.0. The Balaban J connectivity index is 1.93. The maximum absolute atomic E-state index is 13.0. The van der Waals surface area contributed by atoms with Gasteiger partial charge in [0.25, 0.3) is 0 Å². The number of nitrogens with one attached hydrogen (secondary N) is 1. The number of carbonyl (C=O) groups is 2. The lowest BCUT2D eigenvalue weighted by atomic mass is 10.1. The molecule has 0 atom stereocenters. The number of amidine groups is 1. The van der Waals surface area contributed by atoms with Gasteiger partial charge in [0, 0.05) is 12.0 Å². The summed E-state index contributed by atoms with van der Waals surface area (Å²) >= 11 is 0. The summed E-state index contributed by atoms with van der Waals surface area (Å²) in [6.45, 7) is 0. The van der Waals surface area contributed by atoms with E-state index in [4.69, 9.17) is 11.1 Å². The molecule has 0 bridgehead atoms. The average molecular weight is 423 g/mol. The van der Waals surface area contributed by atoms with Crippen LogP contribution in [0.15, 0.2) is 53.6 Å². The van der Waals surface area contributed by atoms with Gasteiger partial charge in [-0.3, -0.25) is 10.2 Å². The number of hydrogen-bond donors (Lipinski definition) is 2. The van der Waals surface area contributed by atoms with Crippen molar-refractivity contribution < 1.29 is 19.1 Å². The van der Waals surface area contributed by atoms with E-state index >= 15 is 0 Å². The highest BCUT2D eigenvalue weighted by Crippen LogP contribution is 2.17. The van der Waals surface area contributed by atoms with E-state index in [1.165, 1.54) is 48.0 Å². The van der Waals surface area contributed by atoms with Crippen LogP contribution in [0.1, 0.15) is 27.9 Å². The Morgan fingerprint density at radius 2 is 1.81 bits per heavy atom. The van der Waals surface area contributed by atoms with Gasteiger partial charge in [-0.05, 0) is 42.3 Å². The molecule has 3 N–H and O–H groups in total. The Labute approximate surface area is 177 Å². The highest BCUT2D eigenvalue weighted by molar-refractivity contribution is 6.01. The Morgan fingerprint density at radius 1 is 1.10 bits per heavy atom. The second-order valence-corrected chi connectivity index (χ2v) is 6.58. The molecule has 0 saturated heterocycles. The van der Waals surface area contributed by atoms with E-state index in [0.29, 0.717) is 17.8 Å². The largest absolute Gasteiger partial charge is 0.469 e. The highest BCUT2D eigenvalue weighted by Gasteiger charge is 2.16. The topological polar surface area (TPSA) is 142 Å². The number of nitrogens with two attached hydrogens (primary N) is 1. The molecule has 0 fully saturated rings. The van der Waals surface area contributed by atoms with Gasteiger partial charge in [0.05, 0.1) is 31.2 Å². The molecule has 0 aliphatic heterocycles. The third-order valence-electron chi connectivity index (χ3n) is 4.66. The van der Waals surface area contributed by atoms with Crippen LogP contribution in [0.5, 0.6) is 0 Å². The molecule has 2 aromatic carbocycles. The monoisotopic (exact) mass is 423 g/mol. The van der Waals surface area contributed by atoms with Crippen LogP contribution in [0, 0.1) is 5.41 Å². The fourth-order valence-electron chi connectivity index (χ4n) is 3.01. The van der Waals surface area contributed by atoms with Crippen molar-refractivity contribution in [2.24, 2.45) is 5.73 Å². The van der Waals surface area contributed by atoms with Gasteiger partial charge in [-0.25, -0.2) is 14.2 Å². The van der Waals surface area contributed by atoms with Crippen molar-refractivity contribution in [2.45, 2.75) is 12.8 Å². The molecule has 10 nitrogen and oxygen atoms in total. The summed E-state index contributed by atoms with van der Waals surface area (Å²) < 4.78 is 11.8. The van der Waals surface area contributed by atoms with Crippen molar-refractivity contribution in [3.8, 4) is 11.4 Å². The van der Waals surface area contributed by atoms with E-state index in [-0.39, 0.29) is 29.4 Å². The summed E-state index contributed by atoms with van der Waals surface area (Å²) in [6.07, 6.45) is 2.09. The van der Waals surface area contributed by atoms with Crippen LogP contribution >= 0.6 is 0 Å². The molecule has 160 valence electrons. The molecular weight excluding hydrogens is 402 g/mol. The number of nitrogens with zero attached hydrogens (tertiary/aromatic N) is 3. The Hall–Kier alpha value is -4.21. The van der Waals surface area contributed by atoms with Crippen LogP contribution in [0.4, 0.5) is 0 Å². The number of nitrogen functional groups attached to an aromatic ring is 1. The molecule has 0 spiro atoms. The SMILES string of the molecule is COC(=O)CCc1ccc(-n2ncn(-c3ccc(C(=O)OC)cc3C(=N)N)c2=O)cc1. The first-order chi connectivity index (χ1) is 14.8. The summed E-state index contributed by atoms with van der Waals surface area (Å²) in [7, 11) is 2.59. The number of hydrogen-bond acceptors (Lipinski definition) is 7.